The number of nitrogens with zero attached hydrogens (tertiary/aromatic N) is 2. The molecule has 0 saturated heterocycles. The fourth-order valence-corrected chi connectivity index (χ4v) is 2.35. The van der Waals surface area contributed by atoms with Gasteiger partial charge >= 0.3 is 0 Å². The Kier molecular flexibility index (Phi) is 3.62. The van der Waals surface area contributed by atoms with Crippen LogP contribution in [-0.4, -0.2) is 14.8 Å². The van der Waals surface area contributed by atoms with Crippen molar-refractivity contribution in [3.8, 4) is 11.4 Å². The maximum atomic E-state index is 13.3. The van der Waals surface area contributed by atoms with Crippen molar-refractivity contribution in [2.75, 3.05) is 0 Å². The second-order valence-electron chi connectivity index (χ2n) is 4.58. The summed E-state index contributed by atoms with van der Waals surface area (Å²) in [4.78, 5) is 0. The Bertz CT molecular complexity index is 804. The SMILES string of the molecule is Fc1cc(F)cc(Cn2c(-c3ccccc3)n[nH]c2=S)c1. The van der Waals surface area contributed by atoms with E-state index in [1.807, 2.05) is 30.3 Å². The molecule has 3 aromatic rings. The molecule has 0 spiro atoms. The van der Waals surface area contributed by atoms with E-state index in [0.29, 0.717) is 16.2 Å². The third-order valence-electron chi connectivity index (χ3n) is 3.05. The van der Waals surface area contributed by atoms with E-state index in [2.05, 4.69) is 10.2 Å². The Morgan fingerprint density at radius 3 is 2.38 bits per heavy atom. The minimum Gasteiger partial charge on any atom is -0.296 e. The second-order valence-corrected chi connectivity index (χ2v) is 4.97. The number of nitrogens with one attached hydrogen (secondary N) is 1. The molecule has 2 aromatic carbocycles. The minimum atomic E-state index is -0.610. The Labute approximate surface area is 124 Å². The topological polar surface area (TPSA) is 33.6 Å². The molecule has 0 radical (unpaired) electrons. The van der Waals surface area contributed by atoms with Gasteiger partial charge in [-0.05, 0) is 29.9 Å². The molecule has 21 heavy (non-hydrogen) atoms. The predicted molar refractivity (Wildman–Crippen MR) is 78.3 cm³/mol. The number of halogens is 2. The van der Waals surface area contributed by atoms with Gasteiger partial charge in [-0.2, -0.15) is 5.10 Å². The molecule has 0 bridgehead atoms. The van der Waals surface area contributed by atoms with Crippen molar-refractivity contribution in [2.45, 2.75) is 6.54 Å². The Morgan fingerprint density at radius 2 is 1.71 bits per heavy atom. The lowest BCUT2D eigenvalue weighted by molar-refractivity contribution is 0.577. The molecule has 0 aliphatic heterocycles. The van der Waals surface area contributed by atoms with Crippen molar-refractivity contribution >= 4 is 12.2 Å². The van der Waals surface area contributed by atoms with Crippen LogP contribution in [0.3, 0.4) is 0 Å². The molecule has 0 saturated carbocycles. The largest absolute Gasteiger partial charge is 0.296 e. The zero-order chi connectivity index (χ0) is 14.8. The first-order chi connectivity index (χ1) is 10.1. The summed E-state index contributed by atoms with van der Waals surface area (Å²) in [6.07, 6.45) is 0. The van der Waals surface area contributed by atoms with E-state index in [9.17, 15) is 8.78 Å². The van der Waals surface area contributed by atoms with Crippen molar-refractivity contribution in [3.63, 3.8) is 0 Å². The summed E-state index contributed by atoms with van der Waals surface area (Å²) in [5.74, 6) is -0.590. The van der Waals surface area contributed by atoms with Crippen molar-refractivity contribution in [3.05, 3.63) is 70.5 Å². The Balaban J connectivity index is 2.03. The van der Waals surface area contributed by atoms with Crippen LogP contribution in [-0.2, 0) is 6.54 Å². The van der Waals surface area contributed by atoms with E-state index in [4.69, 9.17) is 12.2 Å². The Hall–Kier alpha value is -2.34. The quantitative estimate of drug-likeness (QED) is 0.744. The minimum absolute atomic E-state index is 0.244. The van der Waals surface area contributed by atoms with Crippen LogP contribution in [0.25, 0.3) is 11.4 Å². The van der Waals surface area contributed by atoms with Crippen LogP contribution in [0.15, 0.2) is 48.5 Å². The van der Waals surface area contributed by atoms with Crippen LogP contribution in [0.1, 0.15) is 5.56 Å². The van der Waals surface area contributed by atoms with Crippen molar-refractivity contribution in [1.82, 2.24) is 14.8 Å². The van der Waals surface area contributed by atoms with E-state index >= 15 is 0 Å². The molecule has 0 fully saturated rings. The average Bonchev–Trinajstić information content (AvgIpc) is 2.80. The highest BCUT2D eigenvalue weighted by Gasteiger charge is 2.10. The van der Waals surface area contributed by atoms with Gasteiger partial charge in [-0.1, -0.05) is 30.3 Å². The first-order valence-corrected chi connectivity index (χ1v) is 6.70. The molecule has 1 N–H and O–H groups in total. The van der Waals surface area contributed by atoms with Gasteiger partial charge in [0.25, 0.3) is 0 Å². The van der Waals surface area contributed by atoms with Crippen molar-refractivity contribution in [2.24, 2.45) is 0 Å². The number of benzene rings is 2. The van der Waals surface area contributed by atoms with Gasteiger partial charge in [-0.25, -0.2) is 8.78 Å². The van der Waals surface area contributed by atoms with Gasteiger partial charge in [0, 0.05) is 11.6 Å². The van der Waals surface area contributed by atoms with Gasteiger partial charge in [0.1, 0.15) is 11.6 Å². The zero-order valence-electron chi connectivity index (χ0n) is 10.9. The lowest BCUT2D eigenvalue weighted by Crippen LogP contribution is -2.03. The van der Waals surface area contributed by atoms with Gasteiger partial charge in [0.15, 0.2) is 10.6 Å². The first-order valence-electron chi connectivity index (χ1n) is 6.29. The molecule has 3 rings (SSSR count). The number of H-pyrrole nitrogens is 1. The van der Waals surface area contributed by atoms with E-state index in [0.717, 1.165) is 11.6 Å². The molecule has 0 aliphatic carbocycles. The monoisotopic (exact) mass is 303 g/mol. The van der Waals surface area contributed by atoms with Gasteiger partial charge in [-0.3, -0.25) is 9.67 Å². The number of aromatic amines is 1. The summed E-state index contributed by atoms with van der Waals surface area (Å²) in [6.45, 7) is 0.244. The van der Waals surface area contributed by atoms with E-state index in [-0.39, 0.29) is 6.54 Å². The van der Waals surface area contributed by atoms with Gasteiger partial charge < -0.3 is 0 Å². The molecule has 0 aliphatic rings. The third kappa shape index (κ3) is 2.90. The molecule has 3 nitrogen and oxygen atoms in total. The van der Waals surface area contributed by atoms with Gasteiger partial charge in [-0.15, -0.1) is 0 Å². The molecular formula is C15H11F2N3S. The molecule has 0 atom stereocenters. The second kappa shape index (κ2) is 5.57. The van der Waals surface area contributed by atoms with Crippen LogP contribution in [0.5, 0.6) is 0 Å². The highest BCUT2D eigenvalue weighted by molar-refractivity contribution is 7.71. The fourth-order valence-electron chi connectivity index (χ4n) is 2.16. The number of rotatable bonds is 3. The van der Waals surface area contributed by atoms with Crippen molar-refractivity contribution in [1.29, 1.82) is 0 Å². The highest BCUT2D eigenvalue weighted by atomic mass is 32.1. The van der Waals surface area contributed by atoms with Gasteiger partial charge in [0.05, 0.1) is 6.54 Å². The molecule has 6 heteroatoms. The first kappa shape index (κ1) is 13.6. The number of aromatic nitrogens is 3. The molecular weight excluding hydrogens is 292 g/mol. The summed E-state index contributed by atoms with van der Waals surface area (Å²) in [5.41, 5.74) is 1.36. The molecule has 0 amide bonds. The van der Waals surface area contributed by atoms with E-state index < -0.39 is 11.6 Å². The normalized spacial score (nSPS) is 10.8. The summed E-state index contributed by atoms with van der Waals surface area (Å²) >= 11 is 5.20. The number of hydrogen-bond acceptors (Lipinski definition) is 2. The number of hydrogen-bond donors (Lipinski definition) is 1. The average molecular weight is 303 g/mol. The molecule has 1 aromatic heterocycles. The van der Waals surface area contributed by atoms with E-state index in [1.165, 1.54) is 12.1 Å². The molecule has 1 heterocycles. The van der Waals surface area contributed by atoms with Crippen LogP contribution >= 0.6 is 12.2 Å². The Morgan fingerprint density at radius 1 is 1.05 bits per heavy atom. The van der Waals surface area contributed by atoms with E-state index in [1.54, 1.807) is 4.57 Å². The third-order valence-corrected chi connectivity index (χ3v) is 3.36. The molecule has 106 valence electrons. The maximum absolute atomic E-state index is 13.3. The lowest BCUT2D eigenvalue weighted by atomic mass is 10.2. The summed E-state index contributed by atoms with van der Waals surface area (Å²) in [6, 6.07) is 12.9. The zero-order valence-corrected chi connectivity index (χ0v) is 11.7. The smallest absolute Gasteiger partial charge is 0.195 e. The predicted octanol–water partition coefficient (Wildman–Crippen LogP) is 3.93. The van der Waals surface area contributed by atoms with Crippen LogP contribution < -0.4 is 0 Å². The maximum Gasteiger partial charge on any atom is 0.195 e. The summed E-state index contributed by atoms with van der Waals surface area (Å²) < 4.78 is 28.7. The lowest BCUT2D eigenvalue weighted by Gasteiger charge is -2.07. The van der Waals surface area contributed by atoms with Crippen molar-refractivity contribution < 1.29 is 8.78 Å². The summed E-state index contributed by atoms with van der Waals surface area (Å²) in [7, 11) is 0. The van der Waals surface area contributed by atoms with Crippen LogP contribution in [0.2, 0.25) is 0 Å². The van der Waals surface area contributed by atoms with Crippen LogP contribution in [0, 0.1) is 16.4 Å². The summed E-state index contributed by atoms with van der Waals surface area (Å²) in [5, 5.41) is 6.90. The fraction of sp³-hybridized carbons (Fsp3) is 0.0667. The molecule has 0 unspecified atom stereocenters. The standard InChI is InChI=1S/C15H11F2N3S/c16-12-6-10(7-13(17)8-12)9-20-14(18-19-15(20)21)11-4-2-1-3-5-11/h1-8H,9H2,(H,19,21). The van der Waals surface area contributed by atoms with Gasteiger partial charge in [0.2, 0.25) is 0 Å². The van der Waals surface area contributed by atoms with Crippen LogP contribution in [0.4, 0.5) is 8.78 Å². The highest BCUT2D eigenvalue weighted by Crippen LogP contribution is 2.18.